The van der Waals surface area contributed by atoms with Gasteiger partial charge in [0.05, 0.1) is 17.0 Å². The SMILES string of the molecule is O=C(CSc1nnc2ccccn12)Nc1ccccc1C(=O)NC1CCCC1. The van der Waals surface area contributed by atoms with Crippen molar-refractivity contribution in [2.24, 2.45) is 0 Å². The number of nitrogens with zero attached hydrogens (tertiary/aromatic N) is 3. The van der Waals surface area contributed by atoms with Gasteiger partial charge in [0, 0.05) is 12.2 Å². The van der Waals surface area contributed by atoms with E-state index in [0.29, 0.717) is 16.4 Å². The molecule has 1 aromatic carbocycles. The number of para-hydroxylation sites is 1. The zero-order valence-electron chi connectivity index (χ0n) is 15.3. The Kier molecular flexibility index (Phi) is 5.57. The minimum Gasteiger partial charge on any atom is -0.349 e. The summed E-state index contributed by atoms with van der Waals surface area (Å²) in [6, 6.07) is 13.0. The number of aromatic nitrogens is 3. The summed E-state index contributed by atoms with van der Waals surface area (Å²) >= 11 is 1.30. The summed E-state index contributed by atoms with van der Waals surface area (Å²) in [6.07, 6.45) is 6.19. The summed E-state index contributed by atoms with van der Waals surface area (Å²) in [5.41, 5.74) is 1.75. The number of hydrogen-bond acceptors (Lipinski definition) is 5. The fourth-order valence-corrected chi connectivity index (χ4v) is 4.08. The third-order valence-corrected chi connectivity index (χ3v) is 5.69. The van der Waals surface area contributed by atoms with Crippen LogP contribution in [0.4, 0.5) is 5.69 Å². The van der Waals surface area contributed by atoms with Crippen molar-refractivity contribution in [2.75, 3.05) is 11.1 Å². The quantitative estimate of drug-likeness (QED) is 0.626. The van der Waals surface area contributed by atoms with Gasteiger partial charge in [-0.05, 0) is 37.1 Å². The number of thioether (sulfide) groups is 1. The highest BCUT2D eigenvalue weighted by molar-refractivity contribution is 7.99. The average molecular weight is 395 g/mol. The van der Waals surface area contributed by atoms with Crippen LogP contribution in [0, 0.1) is 0 Å². The molecule has 1 aliphatic rings. The molecular weight excluding hydrogens is 374 g/mol. The minimum atomic E-state index is -0.196. The lowest BCUT2D eigenvalue weighted by Gasteiger charge is -2.15. The Hall–Kier alpha value is -2.87. The van der Waals surface area contributed by atoms with Crippen molar-refractivity contribution < 1.29 is 9.59 Å². The zero-order chi connectivity index (χ0) is 19.3. The van der Waals surface area contributed by atoms with Crippen LogP contribution in [0.25, 0.3) is 5.65 Å². The van der Waals surface area contributed by atoms with Crippen LogP contribution < -0.4 is 10.6 Å². The van der Waals surface area contributed by atoms with E-state index in [4.69, 9.17) is 0 Å². The van der Waals surface area contributed by atoms with Gasteiger partial charge >= 0.3 is 0 Å². The first-order valence-electron chi connectivity index (χ1n) is 9.33. The maximum Gasteiger partial charge on any atom is 0.253 e. The van der Waals surface area contributed by atoms with Crippen LogP contribution in [0.15, 0.2) is 53.8 Å². The highest BCUT2D eigenvalue weighted by atomic mass is 32.2. The van der Waals surface area contributed by atoms with Crippen molar-refractivity contribution >= 4 is 34.9 Å². The van der Waals surface area contributed by atoms with Crippen LogP contribution in [-0.2, 0) is 4.79 Å². The molecule has 0 spiro atoms. The number of carbonyl (C=O) groups excluding carboxylic acids is 2. The molecule has 7 nitrogen and oxygen atoms in total. The van der Waals surface area contributed by atoms with Crippen LogP contribution in [-0.4, -0.2) is 38.2 Å². The first-order chi connectivity index (χ1) is 13.7. The molecule has 2 heterocycles. The Labute approximate surface area is 166 Å². The van der Waals surface area contributed by atoms with Crippen molar-refractivity contribution in [1.29, 1.82) is 0 Å². The molecule has 0 bridgehead atoms. The van der Waals surface area contributed by atoms with Crippen LogP contribution in [0.5, 0.6) is 0 Å². The third-order valence-electron chi connectivity index (χ3n) is 4.75. The van der Waals surface area contributed by atoms with E-state index in [1.165, 1.54) is 11.8 Å². The molecular formula is C20H21N5O2S. The maximum absolute atomic E-state index is 12.6. The molecule has 0 radical (unpaired) electrons. The van der Waals surface area contributed by atoms with Crippen LogP contribution >= 0.6 is 11.8 Å². The van der Waals surface area contributed by atoms with E-state index in [9.17, 15) is 9.59 Å². The molecule has 0 saturated heterocycles. The van der Waals surface area contributed by atoms with Crippen molar-refractivity contribution in [2.45, 2.75) is 36.9 Å². The van der Waals surface area contributed by atoms with Gasteiger partial charge in [-0.1, -0.05) is 42.8 Å². The molecule has 28 heavy (non-hydrogen) atoms. The lowest BCUT2D eigenvalue weighted by atomic mass is 10.1. The summed E-state index contributed by atoms with van der Waals surface area (Å²) in [6.45, 7) is 0. The van der Waals surface area contributed by atoms with Gasteiger partial charge in [0.1, 0.15) is 0 Å². The van der Waals surface area contributed by atoms with E-state index in [1.807, 2.05) is 28.8 Å². The van der Waals surface area contributed by atoms with Gasteiger partial charge in [0.2, 0.25) is 5.91 Å². The van der Waals surface area contributed by atoms with Crippen molar-refractivity contribution in [3.63, 3.8) is 0 Å². The summed E-state index contributed by atoms with van der Waals surface area (Å²) in [5.74, 6) is -0.161. The van der Waals surface area contributed by atoms with Crippen molar-refractivity contribution in [3.05, 3.63) is 54.2 Å². The molecule has 0 unspecified atom stereocenters. The van der Waals surface area contributed by atoms with Crippen LogP contribution in [0.1, 0.15) is 36.0 Å². The van der Waals surface area contributed by atoms with E-state index in [2.05, 4.69) is 20.8 Å². The Morgan fingerprint density at radius 1 is 1.07 bits per heavy atom. The molecule has 8 heteroatoms. The number of rotatable bonds is 6. The van der Waals surface area contributed by atoms with Gasteiger partial charge in [-0.2, -0.15) is 0 Å². The number of amides is 2. The smallest absolute Gasteiger partial charge is 0.253 e. The number of anilines is 1. The fourth-order valence-electron chi connectivity index (χ4n) is 3.36. The fraction of sp³-hybridized carbons (Fsp3) is 0.300. The largest absolute Gasteiger partial charge is 0.349 e. The van der Waals surface area contributed by atoms with E-state index >= 15 is 0 Å². The molecule has 1 fully saturated rings. The average Bonchev–Trinajstić information content (AvgIpc) is 3.36. The summed E-state index contributed by atoms with van der Waals surface area (Å²) in [4.78, 5) is 25.0. The van der Waals surface area contributed by atoms with Gasteiger partial charge < -0.3 is 10.6 Å². The molecule has 2 N–H and O–H groups in total. The summed E-state index contributed by atoms with van der Waals surface area (Å²) in [7, 11) is 0. The third kappa shape index (κ3) is 4.17. The molecule has 2 amide bonds. The molecule has 3 aromatic rings. The Morgan fingerprint density at radius 3 is 2.71 bits per heavy atom. The number of hydrogen-bond donors (Lipinski definition) is 2. The highest BCUT2D eigenvalue weighted by Crippen LogP contribution is 2.21. The van der Waals surface area contributed by atoms with Gasteiger partial charge in [-0.15, -0.1) is 10.2 Å². The lowest BCUT2D eigenvalue weighted by Crippen LogP contribution is -2.33. The number of nitrogens with one attached hydrogen (secondary N) is 2. The first-order valence-corrected chi connectivity index (χ1v) is 10.3. The van der Waals surface area contributed by atoms with Gasteiger partial charge in [0.15, 0.2) is 10.8 Å². The van der Waals surface area contributed by atoms with E-state index in [1.54, 1.807) is 24.3 Å². The summed E-state index contributed by atoms with van der Waals surface area (Å²) < 4.78 is 1.83. The maximum atomic E-state index is 12.6. The predicted molar refractivity (Wildman–Crippen MR) is 109 cm³/mol. The Balaban J connectivity index is 1.39. The normalized spacial score (nSPS) is 14.3. The monoisotopic (exact) mass is 395 g/mol. The van der Waals surface area contributed by atoms with Gasteiger partial charge in [-0.3, -0.25) is 14.0 Å². The van der Waals surface area contributed by atoms with E-state index in [-0.39, 0.29) is 23.6 Å². The summed E-state index contributed by atoms with van der Waals surface area (Å²) in [5, 5.41) is 14.7. The van der Waals surface area contributed by atoms with Gasteiger partial charge in [0.25, 0.3) is 5.91 Å². The van der Waals surface area contributed by atoms with Crippen molar-refractivity contribution in [3.8, 4) is 0 Å². The van der Waals surface area contributed by atoms with Gasteiger partial charge in [-0.25, -0.2) is 0 Å². The number of pyridine rings is 1. The molecule has 0 atom stereocenters. The van der Waals surface area contributed by atoms with Crippen LogP contribution in [0.3, 0.4) is 0 Å². The minimum absolute atomic E-state index is 0.140. The molecule has 1 saturated carbocycles. The number of fused-ring (bicyclic) bond motifs is 1. The zero-order valence-corrected chi connectivity index (χ0v) is 16.1. The number of benzene rings is 1. The second-order valence-corrected chi connectivity index (χ2v) is 7.69. The second-order valence-electron chi connectivity index (χ2n) is 6.75. The number of carbonyl (C=O) groups is 2. The Morgan fingerprint density at radius 2 is 1.86 bits per heavy atom. The van der Waals surface area contributed by atoms with Crippen molar-refractivity contribution in [1.82, 2.24) is 19.9 Å². The van der Waals surface area contributed by atoms with E-state index < -0.39 is 0 Å². The predicted octanol–water partition coefficient (Wildman–Crippen LogP) is 3.13. The van der Waals surface area contributed by atoms with Crippen LogP contribution in [0.2, 0.25) is 0 Å². The molecule has 4 rings (SSSR count). The standard InChI is InChI=1S/C20H21N5O2S/c26-18(13-28-20-24-23-17-11-5-6-12-25(17)20)22-16-10-4-3-9-15(16)19(27)21-14-7-1-2-8-14/h3-6,9-12,14H,1-2,7-8,13H2,(H,21,27)(H,22,26). The topological polar surface area (TPSA) is 88.4 Å². The second kappa shape index (κ2) is 8.43. The molecule has 1 aliphatic carbocycles. The highest BCUT2D eigenvalue weighted by Gasteiger charge is 2.20. The first kappa shape index (κ1) is 18.5. The molecule has 144 valence electrons. The van der Waals surface area contributed by atoms with E-state index in [0.717, 1.165) is 31.3 Å². The molecule has 0 aliphatic heterocycles. The molecule has 2 aromatic heterocycles. The lowest BCUT2D eigenvalue weighted by molar-refractivity contribution is -0.113. The Bertz CT molecular complexity index is 997.